The Balaban J connectivity index is 1.63. The maximum Gasteiger partial charge on any atom is 0.329 e. The first-order chi connectivity index (χ1) is 13.5. The molecule has 2 N–H and O–H groups in total. The molecule has 144 valence electrons. The van der Waals surface area contributed by atoms with Gasteiger partial charge in [-0.2, -0.15) is 5.10 Å². The molecule has 1 aromatic carbocycles. The minimum Gasteiger partial charge on any atom is -0.467 e. The summed E-state index contributed by atoms with van der Waals surface area (Å²) in [7, 11) is 0. The molecule has 0 atom stereocenters. The van der Waals surface area contributed by atoms with Crippen molar-refractivity contribution in [2.45, 2.75) is 20.4 Å². The molecule has 2 aromatic heterocycles. The van der Waals surface area contributed by atoms with Crippen LogP contribution in [0.25, 0.3) is 5.69 Å². The van der Waals surface area contributed by atoms with Crippen molar-refractivity contribution in [2.24, 2.45) is 5.10 Å². The molecule has 3 aromatic rings. The lowest BCUT2D eigenvalue weighted by Crippen LogP contribution is -2.37. The van der Waals surface area contributed by atoms with Gasteiger partial charge in [-0.05, 0) is 50.2 Å². The lowest BCUT2D eigenvalue weighted by Gasteiger charge is -2.09. The van der Waals surface area contributed by atoms with E-state index in [1.165, 1.54) is 12.5 Å². The molecule has 0 aliphatic heterocycles. The topological polar surface area (TPSA) is 88.6 Å². The lowest BCUT2D eigenvalue weighted by atomic mass is 10.2. The highest BCUT2D eigenvalue weighted by Crippen LogP contribution is 2.22. The van der Waals surface area contributed by atoms with E-state index in [1.54, 1.807) is 12.1 Å². The molecule has 0 saturated heterocycles. The fraction of sp³-hybridized carbons (Fsp3) is 0.150. The first kappa shape index (κ1) is 19.4. The summed E-state index contributed by atoms with van der Waals surface area (Å²) in [5, 5.41) is 6.98. The Bertz CT molecular complexity index is 1020. The third-order valence-electron chi connectivity index (χ3n) is 4.12. The fourth-order valence-electron chi connectivity index (χ4n) is 2.80. The van der Waals surface area contributed by atoms with E-state index in [2.05, 4.69) is 15.8 Å². The Morgan fingerprint density at radius 1 is 1.18 bits per heavy atom. The molecule has 0 bridgehead atoms. The van der Waals surface area contributed by atoms with Gasteiger partial charge in [0.15, 0.2) is 0 Å². The first-order valence-corrected chi connectivity index (χ1v) is 8.92. The summed E-state index contributed by atoms with van der Waals surface area (Å²) < 4.78 is 7.12. The van der Waals surface area contributed by atoms with Crippen LogP contribution >= 0.6 is 11.6 Å². The average molecular weight is 399 g/mol. The van der Waals surface area contributed by atoms with Gasteiger partial charge in [0.25, 0.3) is 0 Å². The Morgan fingerprint density at radius 2 is 2.00 bits per heavy atom. The van der Waals surface area contributed by atoms with Gasteiger partial charge in [0.05, 0.1) is 19.0 Å². The number of hydrogen-bond acceptors (Lipinski definition) is 4. The van der Waals surface area contributed by atoms with Crippen molar-refractivity contribution in [3.8, 4) is 5.69 Å². The molecule has 0 radical (unpaired) electrons. The van der Waals surface area contributed by atoms with E-state index >= 15 is 0 Å². The number of carbonyl (C=O) groups is 2. The van der Waals surface area contributed by atoms with Crippen LogP contribution in [0.4, 0.5) is 0 Å². The number of amides is 2. The van der Waals surface area contributed by atoms with E-state index in [4.69, 9.17) is 16.0 Å². The van der Waals surface area contributed by atoms with Gasteiger partial charge in [-0.1, -0.05) is 17.7 Å². The average Bonchev–Trinajstić information content (AvgIpc) is 3.27. The van der Waals surface area contributed by atoms with Crippen molar-refractivity contribution in [2.75, 3.05) is 0 Å². The summed E-state index contributed by atoms with van der Waals surface area (Å²) in [6.07, 6.45) is 2.99. The number of benzene rings is 1. The van der Waals surface area contributed by atoms with Crippen LogP contribution in [0.3, 0.4) is 0 Å². The molecule has 3 rings (SSSR count). The van der Waals surface area contributed by atoms with Crippen LogP contribution in [0.1, 0.15) is 22.7 Å². The van der Waals surface area contributed by atoms with Crippen molar-refractivity contribution < 1.29 is 14.0 Å². The van der Waals surface area contributed by atoms with Crippen LogP contribution in [-0.4, -0.2) is 22.6 Å². The molecule has 0 aliphatic rings. The summed E-state index contributed by atoms with van der Waals surface area (Å²) in [6.45, 7) is 4.03. The van der Waals surface area contributed by atoms with Gasteiger partial charge < -0.3 is 14.3 Å². The minimum atomic E-state index is -0.855. The maximum absolute atomic E-state index is 11.8. The molecular formula is C20H19ClN4O3. The number of halogens is 1. The molecule has 7 nitrogen and oxygen atoms in total. The number of carbonyl (C=O) groups excluding carboxylic acids is 2. The summed E-state index contributed by atoms with van der Waals surface area (Å²) in [4.78, 5) is 23.6. The van der Waals surface area contributed by atoms with Crippen LogP contribution in [-0.2, 0) is 16.1 Å². The van der Waals surface area contributed by atoms with Gasteiger partial charge in [0, 0.05) is 27.7 Å². The van der Waals surface area contributed by atoms with E-state index in [0.717, 1.165) is 22.6 Å². The monoisotopic (exact) mass is 398 g/mol. The van der Waals surface area contributed by atoms with E-state index in [9.17, 15) is 9.59 Å². The molecule has 28 heavy (non-hydrogen) atoms. The molecule has 0 unspecified atom stereocenters. The molecule has 8 heteroatoms. The van der Waals surface area contributed by atoms with Gasteiger partial charge in [-0.25, -0.2) is 5.43 Å². The number of hydrazone groups is 1. The van der Waals surface area contributed by atoms with Crippen molar-refractivity contribution in [3.63, 3.8) is 0 Å². The van der Waals surface area contributed by atoms with E-state index in [0.29, 0.717) is 10.8 Å². The van der Waals surface area contributed by atoms with Crippen molar-refractivity contribution in [1.29, 1.82) is 0 Å². The Morgan fingerprint density at radius 3 is 2.71 bits per heavy atom. The SMILES string of the molecule is Cc1cc(/C=N\NC(=O)C(=O)NCc2ccco2)c(C)n1-c1cccc(Cl)c1. The molecule has 0 fully saturated rings. The molecule has 2 heterocycles. The zero-order valence-corrected chi connectivity index (χ0v) is 16.2. The minimum absolute atomic E-state index is 0.129. The lowest BCUT2D eigenvalue weighted by molar-refractivity contribution is -0.139. The second-order valence-electron chi connectivity index (χ2n) is 6.10. The predicted octanol–water partition coefficient (Wildman–Crippen LogP) is 3.11. The van der Waals surface area contributed by atoms with E-state index < -0.39 is 11.8 Å². The van der Waals surface area contributed by atoms with Gasteiger partial charge in [0.1, 0.15) is 5.76 Å². The largest absolute Gasteiger partial charge is 0.467 e. The van der Waals surface area contributed by atoms with Crippen molar-refractivity contribution in [1.82, 2.24) is 15.3 Å². The number of aromatic nitrogens is 1. The summed E-state index contributed by atoms with van der Waals surface area (Å²) in [5.41, 5.74) is 5.89. The molecule has 0 aliphatic carbocycles. The second-order valence-corrected chi connectivity index (χ2v) is 6.54. The summed E-state index contributed by atoms with van der Waals surface area (Å²) >= 11 is 6.08. The van der Waals surface area contributed by atoms with Crippen LogP contribution in [0.2, 0.25) is 5.02 Å². The van der Waals surface area contributed by atoms with Crippen LogP contribution in [0.15, 0.2) is 58.2 Å². The maximum atomic E-state index is 11.8. The number of aryl methyl sites for hydroxylation is 1. The fourth-order valence-corrected chi connectivity index (χ4v) is 2.99. The zero-order valence-electron chi connectivity index (χ0n) is 15.4. The van der Waals surface area contributed by atoms with Crippen LogP contribution < -0.4 is 10.7 Å². The quantitative estimate of drug-likeness (QED) is 0.393. The molecule has 2 amide bonds. The highest BCUT2D eigenvalue weighted by molar-refractivity contribution is 6.35. The van der Waals surface area contributed by atoms with Gasteiger partial charge in [-0.3, -0.25) is 9.59 Å². The van der Waals surface area contributed by atoms with Crippen molar-refractivity contribution >= 4 is 29.6 Å². The first-order valence-electron chi connectivity index (χ1n) is 8.54. The van der Waals surface area contributed by atoms with Crippen LogP contribution in [0, 0.1) is 13.8 Å². The highest BCUT2D eigenvalue weighted by atomic mass is 35.5. The van der Waals surface area contributed by atoms with Crippen molar-refractivity contribution in [3.05, 3.63) is 76.5 Å². The predicted molar refractivity (Wildman–Crippen MR) is 107 cm³/mol. The summed E-state index contributed by atoms with van der Waals surface area (Å²) in [6, 6.07) is 12.9. The number of nitrogens with one attached hydrogen (secondary N) is 2. The van der Waals surface area contributed by atoms with Gasteiger partial charge in [-0.15, -0.1) is 0 Å². The number of rotatable bonds is 5. The highest BCUT2D eigenvalue weighted by Gasteiger charge is 2.13. The molecule has 0 saturated carbocycles. The zero-order chi connectivity index (χ0) is 20.1. The number of hydrogen-bond donors (Lipinski definition) is 2. The van der Waals surface area contributed by atoms with Gasteiger partial charge in [0.2, 0.25) is 0 Å². The normalized spacial score (nSPS) is 11.0. The molecule has 0 spiro atoms. The Kier molecular flexibility index (Phi) is 5.96. The number of nitrogens with zero attached hydrogens (tertiary/aromatic N) is 2. The molecular weight excluding hydrogens is 380 g/mol. The summed E-state index contributed by atoms with van der Waals surface area (Å²) in [5.74, 6) is -1.09. The number of furan rings is 1. The Labute approximate surface area is 167 Å². The smallest absolute Gasteiger partial charge is 0.329 e. The van der Waals surface area contributed by atoms with Crippen LogP contribution in [0.5, 0.6) is 0 Å². The van der Waals surface area contributed by atoms with E-state index in [-0.39, 0.29) is 6.54 Å². The third kappa shape index (κ3) is 4.50. The van der Waals surface area contributed by atoms with E-state index in [1.807, 2.05) is 48.7 Å². The standard InChI is InChI=1S/C20H19ClN4O3/c1-13-9-15(14(2)25(13)17-6-3-5-16(21)10-17)11-23-24-20(27)19(26)22-12-18-7-4-8-28-18/h3-11H,12H2,1-2H3,(H,22,26)(H,24,27)/b23-11-. The second kappa shape index (κ2) is 8.58. The third-order valence-corrected chi connectivity index (χ3v) is 4.35. The van der Waals surface area contributed by atoms with Gasteiger partial charge >= 0.3 is 11.8 Å². The Hall–Kier alpha value is -3.32.